The van der Waals surface area contributed by atoms with Crippen LogP contribution in [-0.4, -0.2) is 0 Å². The van der Waals surface area contributed by atoms with Gasteiger partial charge in [0.2, 0.25) is 0 Å². The summed E-state index contributed by atoms with van der Waals surface area (Å²) in [5, 5.41) is 3.22. The van der Waals surface area contributed by atoms with Crippen molar-refractivity contribution in [2.45, 2.75) is 26.8 Å². The molecule has 0 heterocycles. The SMILES string of the molecule is Cc1ccc(NC(C)c2ccccc2C)c(F)c1. The molecule has 2 aromatic rings. The summed E-state index contributed by atoms with van der Waals surface area (Å²) < 4.78 is 13.8. The van der Waals surface area contributed by atoms with Crippen LogP contribution in [0.15, 0.2) is 42.5 Å². The summed E-state index contributed by atoms with van der Waals surface area (Å²) in [4.78, 5) is 0. The molecule has 0 radical (unpaired) electrons. The number of aryl methyl sites for hydroxylation is 2. The standard InChI is InChI=1S/C16H18FN/c1-11-8-9-16(15(17)10-11)18-13(3)14-7-5-4-6-12(14)2/h4-10,13,18H,1-3H3. The summed E-state index contributed by atoms with van der Waals surface area (Å²) in [6.45, 7) is 6.00. The van der Waals surface area contributed by atoms with E-state index in [1.54, 1.807) is 12.1 Å². The van der Waals surface area contributed by atoms with Crippen molar-refractivity contribution in [1.82, 2.24) is 0 Å². The molecule has 2 aromatic carbocycles. The lowest BCUT2D eigenvalue weighted by molar-refractivity contribution is 0.626. The summed E-state index contributed by atoms with van der Waals surface area (Å²) >= 11 is 0. The molecule has 0 saturated heterocycles. The second-order valence-electron chi connectivity index (χ2n) is 4.71. The van der Waals surface area contributed by atoms with Gasteiger partial charge in [-0.25, -0.2) is 4.39 Å². The third-order valence-corrected chi connectivity index (χ3v) is 3.15. The van der Waals surface area contributed by atoms with Gasteiger partial charge in [0, 0.05) is 6.04 Å². The van der Waals surface area contributed by atoms with Gasteiger partial charge >= 0.3 is 0 Å². The normalized spacial score (nSPS) is 12.2. The molecule has 0 aliphatic rings. The minimum absolute atomic E-state index is 0.0865. The number of nitrogens with one attached hydrogen (secondary N) is 1. The van der Waals surface area contributed by atoms with Gasteiger partial charge < -0.3 is 5.32 Å². The maximum absolute atomic E-state index is 13.8. The van der Waals surface area contributed by atoms with Crippen molar-refractivity contribution in [3.8, 4) is 0 Å². The molecule has 0 aromatic heterocycles. The molecule has 0 fully saturated rings. The van der Waals surface area contributed by atoms with E-state index in [9.17, 15) is 4.39 Å². The van der Waals surface area contributed by atoms with Gasteiger partial charge in [-0.1, -0.05) is 30.3 Å². The Morgan fingerprint density at radius 2 is 1.78 bits per heavy atom. The Morgan fingerprint density at radius 3 is 2.44 bits per heavy atom. The van der Waals surface area contributed by atoms with Crippen molar-refractivity contribution in [3.63, 3.8) is 0 Å². The van der Waals surface area contributed by atoms with Crippen LogP contribution >= 0.6 is 0 Å². The number of hydrogen-bond donors (Lipinski definition) is 1. The van der Waals surface area contributed by atoms with Crippen molar-refractivity contribution in [2.75, 3.05) is 5.32 Å². The van der Waals surface area contributed by atoms with Crippen molar-refractivity contribution in [3.05, 3.63) is 65.0 Å². The number of halogens is 1. The highest BCUT2D eigenvalue weighted by Crippen LogP contribution is 2.24. The molecular weight excluding hydrogens is 225 g/mol. The number of anilines is 1. The lowest BCUT2D eigenvalue weighted by atomic mass is 10.0. The maximum atomic E-state index is 13.8. The van der Waals surface area contributed by atoms with Gasteiger partial charge in [0.15, 0.2) is 0 Å². The van der Waals surface area contributed by atoms with Crippen molar-refractivity contribution in [2.24, 2.45) is 0 Å². The van der Waals surface area contributed by atoms with Gasteiger partial charge in [0.25, 0.3) is 0 Å². The second kappa shape index (κ2) is 5.21. The summed E-state index contributed by atoms with van der Waals surface area (Å²) in [5.74, 6) is -0.199. The topological polar surface area (TPSA) is 12.0 Å². The first-order valence-electron chi connectivity index (χ1n) is 6.16. The predicted octanol–water partition coefficient (Wildman–Crippen LogP) is 4.62. The molecule has 94 valence electrons. The van der Waals surface area contributed by atoms with Crippen LogP contribution in [0.25, 0.3) is 0 Å². The van der Waals surface area contributed by atoms with Crippen molar-refractivity contribution >= 4 is 5.69 Å². The van der Waals surface area contributed by atoms with E-state index in [-0.39, 0.29) is 11.9 Å². The largest absolute Gasteiger partial charge is 0.376 e. The van der Waals surface area contributed by atoms with E-state index in [4.69, 9.17) is 0 Å². The Hall–Kier alpha value is -1.83. The van der Waals surface area contributed by atoms with Gasteiger partial charge in [0.05, 0.1) is 5.69 Å². The molecule has 1 unspecified atom stereocenters. The average molecular weight is 243 g/mol. The summed E-state index contributed by atoms with van der Waals surface area (Å²) in [7, 11) is 0. The Morgan fingerprint density at radius 1 is 1.06 bits per heavy atom. The highest BCUT2D eigenvalue weighted by molar-refractivity contribution is 5.48. The van der Waals surface area contributed by atoms with E-state index in [1.165, 1.54) is 11.1 Å². The average Bonchev–Trinajstić information content (AvgIpc) is 2.33. The number of hydrogen-bond acceptors (Lipinski definition) is 1. The molecule has 0 bridgehead atoms. The third kappa shape index (κ3) is 2.70. The Labute approximate surface area is 108 Å². The molecular formula is C16H18FN. The molecule has 18 heavy (non-hydrogen) atoms. The van der Waals surface area contributed by atoms with E-state index in [0.717, 1.165) is 5.56 Å². The third-order valence-electron chi connectivity index (χ3n) is 3.15. The number of benzene rings is 2. The predicted molar refractivity (Wildman–Crippen MR) is 74.4 cm³/mol. The Kier molecular flexibility index (Phi) is 3.66. The quantitative estimate of drug-likeness (QED) is 0.829. The van der Waals surface area contributed by atoms with Crippen LogP contribution in [0.5, 0.6) is 0 Å². The van der Waals surface area contributed by atoms with Gasteiger partial charge in [-0.15, -0.1) is 0 Å². The molecule has 1 atom stereocenters. The fourth-order valence-corrected chi connectivity index (χ4v) is 2.12. The van der Waals surface area contributed by atoms with Crippen LogP contribution in [0.4, 0.5) is 10.1 Å². The van der Waals surface area contributed by atoms with Crippen LogP contribution in [-0.2, 0) is 0 Å². The highest BCUT2D eigenvalue weighted by atomic mass is 19.1. The van der Waals surface area contributed by atoms with Crippen molar-refractivity contribution in [1.29, 1.82) is 0 Å². The summed E-state index contributed by atoms with van der Waals surface area (Å²) in [5.41, 5.74) is 3.89. The van der Waals surface area contributed by atoms with Gasteiger partial charge in [-0.3, -0.25) is 0 Å². The first-order valence-corrected chi connectivity index (χ1v) is 6.16. The van der Waals surface area contributed by atoms with Crippen LogP contribution in [0, 0.1) is 19.7 Å². The van der Waals surface area contributed by atoms with Crippen LogP contribution in [0.1, 0.15) is 29.7 Å². The Balaban J connectivity index is 2.21. The summed E-state index contributed by atoms with van der Waals surface area (Å²) in [6, 6.07) is 13.5. The lowest BCUT2D eigenvalue weighted by Crippen LogP contribution is -2.09. The molecule has 0 saturated carbocycles. The molecule has 2 rings (SSSR count). The first kappa shape index (κ1) is 12.6. The number of rotatable bonds is 3. The van der Waals surface area contributed by atoms with E-state index in [2.05, 4.69) is 24.4 Å². The van der Waals surface area contributed by atoms with Gasteiger partial charge in [0.1, 0.15) is 5.82 Å². The van der Waals surface area contributed by atoms with E-state index in [1.807, 2.05) is 32.0 Å². The van der Waals surface area contributed by atoms with Crippen LogP contribution in [0.2, 0.25) is 0 Å². The molecule has 0 amide bonds. The zero-order valence-electron chi connectivity index (χ0n) is 11.0. The smallest absolute Gasteiger partial charge is 0.146 e. The minimum atomic E-state index is -0.199. The molecule has 0 aliphatic carbocycles. The monoisotopic (exact) mass is 243 g/mol. The molecule has 0 aliphatic heterocycles. The van der Waals surface area contributed by atoms with Gasteiger partial charge in [-0.05, 0) is 49.6 Å². The van der Waals surface area contributed by atoms with Gasteiger partial charge in [-0.2, -0.15) is 0 Å². The molecule has 1 N–H and O–H groups in total. The van der Waals surface area contributed by atoms with E-state index in [0.29, 0.717) is 5.69 Å². The zero-order valence-corrected chi connectivity index (χ0v) is 11.0. The van der Waals surface area contributed by atoms with Crippen LogP contribution < -0.4 is 5.32 Å². The highest BCUT2D eigenvalue weighted by Gasteiger charge is 2.10. The molecule has 0 spiro atoms. The summed E-state index contributed by atoms with van der Waals surface area (Å²) in [6.07, 6.45) is 0. The maximum Gasteiger partial charge on any atom is 0.146 e. The van der Waals surface area contributed by atoms with Crippen LogP contribution in [0.3, 0.4) is 0 Å². The first-order chi connectivity index (χ1) is 8.58. The molecule has 1 nitrogen and oxygen atoms in total. The lowest BCUT2D eigenvalue weighted by Gasteiger charge is -2.18. The van der Waals surface area contributed by atoms with Crippen molar-refractivity contribution < 1.29 is 4.39 Å². The fraction of sp³-hybridized carbons (Fsp3) is 0.250. The zero-order chi connectivity index (χ0) is 13.1. The second-order valence-corrected chi connectivity index (χ2v) is 4.71. The molecule has 2 heteroatoms. The van der Waals surface area contributed by atoms with E-state index >= 15 is 0 Å². The fourth-order valence-electron chi connectivity index (χ4n) is 2.12. The van der Waals surface area contributed by atoms with E-state index < -0.39 is 0 Å². The minimum Gasteiger partial charge on any atom is -0.376 e. The Bertz CT molecular complexity index is 549.